The molecule has 0 spiro atoms. The Hall–Kier alpha value is -1.43. The highest BCUT2D eigenvalue weighted by Gasteiger charge is 2.31. The van der Waals surface area contributed by atoms with E-state index in [1.54, 1.807) is 12.1 Å². The van der Waals surface area contributed by atoms with Crippen LogP contribution in [0.15, 0.2) is 47.4 Å². The van der Waals surface area contributed by atoms with Gasteiger partial charge in [-0.05, 0) is 31.2 Å². The molecule has 0 unspecified atom stereocenters. The lowest BCUT2D eigenvalue weighted by atomic mass is 10.1. The van der Waals surface area contributed by atoms with Gasteiger partial charge in [0.1, 0.15) is 11.1 Å². The van der Waals surface area contributed by atoms with Gasteiger partial charge in [-0.25, -0.2) is 12.8 Å². The minimum Gasteiger partial charge on any atom is -0.329 e. The Labute approximate surface area is 128 Å². The van der Waals surface area contributed by atoms with Gasteiger partial charge in [0.05, 0.1) is 4.90 Å². The lowest BCUT2D eigenvalue weighted by molar-refractivity contribution is 0.568. The molecular formula is C15H15ClFNO2S. The zero-order valence-electron chi connectivity index (χ0n) is 11.4. The highest BCUT2D eigenvalue weighted by Crippen LogP contribution is 2.34. The topological polar surface area (TPSA) is 60.2 Å². The molecule has 0 aliphatic carbocycles. The van der Waals surface area contributed by atoms with E-state index in [9.17, 15) is 12.8 Å². The van der Waals surface area contributed by atoms with E-state index in [-0.39, 0.29) is 22.0 Å². The minimum absolute atomic E-state index is 0.0566. The molecule has 2 N–H and O–H groups in total. The van der Waals surface area contributed by atoms with Gasteiger partial charge in [0.2, 0.25) is 0 Å². The molecular weight excluding hydrogens is 313 g/mol. The Bertz CT molecular complexity index is 725. The summed E-state index contributed by atoms with van der Waals surface area (Å²) < 4.78 is 39.3. The lowest BCUT2D eigenvalue weighted by Crippen LogP contribution is -2.23. The number of hydrogen-bond donors (Lipinski definition) is 1. The van der Waals surface area contributed by atoms with E-state index in [2.05, 4.69) is 0 Å². The molecule has 6 heteroatoms. The van der Waals surface area contributed by atoms with Gasteiger partial charge in [0, 0.05) is 17.1 Å². The van der Waals surface area contributed by atoms with Crippen LogP contribution in [0.1, 0.15) is 16.4 Å². The minimum atomic E-state index is -3.82. The van der Waals surface area contributed by atoms with E-state index in [1.165, 1.54) is 30.3 Å². The van der Waals surface area contributed by atoms with Gasteiger partial charge in [0.25, 0.3) is 0 Å². The average Bonchev–Trinajstić information content (AvgIpc) is 2.43. The van der Waals surface area contributed by atoms with Crippen LogP contribution >= 0.6 is 11.6 Å². The molecule has 0 fully saturated rings. The summed E-state index contributed by atoms with van der Waals surface area (Å²) in [6, 6.07) is 10.4. The Balaban J connectivity index is 2.57. The van der Waals surface area contributed by atoms with Crippen LogP contribution in [0.5, 0.6) is 0 Å². The van der Waals surface area contributed by atoms with E-state index in [4.69, 9.17) is 17.3 Å². The summed E-state index contributed by atoms with van der Waals surface area (Å²) in [5.41, 5.74) is 6.44. The smallest absolute Gasteiger partial charge is 0.186 e. The second-order valence-electron chi connectivity index (χ2n) is 4.72. The summed E-state index contributed by atoms with van der Waals surface area (Å²) in [5.74, 6) is -0.673. The predicted molar refractivity (Wildman–Crippen MR) is 81.6 cm³/mol. The lowest BCUT2D eigenvalue weighted by Gasteiger charge is -2.18. The molecule has 0 aliphatic rings. The third-order valence-corrected chi connectivity index (χ3v) is 5.70. The van der Waals surface area contributed by atoms with Gasteiger partial charge < -0.3 is 5.73 Å². The molecule has 0 radical (unpaired) electrons. The van der Waals surface area contributed by atoms with Crippen LogP contribution in [0, 0.1) is 12.7 Å². The summed E-state index contributed by atoms with van der Waals surface area (Å²) >= 11 is 5.96. The van der Waals surface area contributed by atoms with E-state index in [0.29, 0.717) is 0 Å². The predicted octanol–water partition coefficient (Wildman–Crippen LogP) is 3.26. The second kappa shape index (κ2) is 6.13. The summed E-state index contributed by atoms with van der Waals surface area (Å²) in [5, 5.41) is -1.16. The number of aryl methyl sites for hydroxylation is 1. The number of benzene rings is 2. The number of nitrogens with two attached hydrogens (primary N) is 1. The number of halogens is 2. The van der Waals surface area contributed by atoms with Crippen molar-refractivity contribution in [1.29, 1.82) is 0 Å². The van der Waals surface area contributed by atoms with Crippen LogP contribution in [0.2, 0.25) is 5.02 Å². The molecule has 2 rings (SSSR count). The highest BCUT2D eigenvalue weighted by atomic mass is 35.5. The van der Waals surface area contributed by atoms with Crippen molar-refractivity contribution in [1.82, 2.24) is 0 Å². The fourth-order valence-electron chi connectivity index (χ4n) is 2.11. The van der Waals surface area contributed by atoms with Crippen LogP contribution in [0.4, 0.5) is 4.39 Å². The van der Waals surface area contributed by atoms with Crippen molar-refractivity contribution < 1.29 is 12.8 Å². The monoisotopic (exact) mass is 327 g/mol. The molecule has 0 amide bonds. The summed E-state index contributed by atoms with van der Waals surface area (Å²) in [6.07, 6.45) is 0. The van der Waals surface area contributed by atoms with Crippen molar-refractivity contribution in [2.24, 2.45) is 5.73 Å². The quantitative estimate of drug-likeness (QED) is 0.937. The SMILES string of the molecule is Cc1ccc(S(=O)(=O)[C@H](CN)c2c(F)cccc2Cl)cc1. The standard InChI is InChI=1S/C15H15ClFNO2S/c1-10-5-7-11(8-6-10)21(19,20)14(9-18)15-12(16)3-2-4-13(15)17/h2-8,14H,9,18H2,1H3/t14-/m1/s1. The molecule has 0 saturated carbocycles. The van der Waals surface area contributed by atoms with Crippen LogP contribution in [-0.2, 0) is 9.84 Å². The number of hydrogen-bond acceptors (Lipinski definition) is 3. The second-order valence-corrected chi connectivity index (χ2v) is 7.26. The Morgan fingerprint density at radius 2 is 1.81 bits per heavy atom. The van der Waals surface area contributed by atoms with Crippen LogP contribution in [0.25, 0.3) is 0 Å². The molecule has 0 heterocycles. The van der Waals surface area contributed by atoms with Gasteiger partial charge in [-0.3, -0.25) is 0 Å². The first-order chi connectivity index (χ1) is 9.87. The van der Waals surface area contributed by atoms with Crippen molar-refractivity contribution in [3.8, 4) is 0 Å². The molecule has 2 aromatic carbocycles. The van der Waals surface area contributed by atoms with Gasteiger partial charge in [-0.1, -0.05) is 35.4 Å². The van der Waals surface area contributed by atoms with Crippen molar-refractivity contribution in [3.05, 3.63) is 64.4 Å². The highest BCUT2D eigenvalue weighted by molar-refractivity contribution is 7.91. The fourth-order valence-corrected chi connectivity index (χ4v) is 4.12. The first-order valence-electron chi connectivity index (χ1n) is 6.32. The molecule has 0 aliphatic heterocycles. The van der Waals surface area contributed by atoms with Crippen molar-refractivity contribution >= 4 is 21.4 Å². The molecule has 2 aromatic rings. The fraction of sp³-hybridized carbons (Fsp3) is 0.200. The summed E-state index contributed by atoms with van der Waals surface area (Å²) in [7, 11) is -3.82. The van der Waals surface area contributed by atoms with Gasteiger partial charge in [-0.15, -0.1) is 0 Å². The first-order valence-corrected chi connectivity index (χ1v) is 8.25. The van der Waals surface area contributed by atoms with E-state index >= 15 is 0 Å². The number of sulfone groups is 1. The summed E-state index contributed by atoms with van der Waals surface area (Å²) in [4.78, 5) is 0.0999. The zero-order chi connectivity index (χ0) is 15.6. The third kappa shape index (κ3) is 3.10. The maximum Gasteiger partial charge on any atom is 0.186 e. The average molecular weight is 328 g/mol. The molecule has 1 atom stereocenters. The molecule has 3 nitrogen and oxygen atoms in total. The number of rotatable bonds is 4. The van der Waals surface area contributed by atoms with Crippen LogP contribution in [0.3, 0.4) is 0 Å². The van der Waals surface area contributed by atoms with Crippen LogP contribution in [-0.4, -0.2) is 15.0 Å². The maximum atomic E-state index is 14.0. The molecule has 112 valence electrons. The van der Waals surface area contributed by atoms with Crippen LogP contribution < -0.4 is 5.73 Å². The van der Waals surface area contributed by atoms with E-state index < -0.39 is 20.9 Å². The molecule has 0 bridgehead atoms. The van der Waals surface area contributed by atoms with Gasteiger partial charge >= 0.3 is 0 Å². The maximum absolute atomic E-state index is 14.0. The third-order valence-electron chi connectivity index (χ3n) is 3.26. The van der Waals surface area contributed by atoms with Gasteiger partial charge in [0.15, 0.2) is 9.84 Å². The molecule has 0 saturated heterocycles. The Kier molecular flexibility index (Phi) is 4.66. The molecule has 0 aromatic heterocycles. The first kappa shape index (κ1) is 15.9. The Morgan fingerprint density at radius 1 is 1.19 bits per heavy atom. The van der Waals surface area contributed by atoms with Crippen molar-refractivity contribution in [2.75, 3.05) is 6.54 Å². The van der Waals surface area contributed by atoms with E-state index in [1.807, 2.05) is 6.92 Å². The zero-order valence-corrected chi connectivity index (χ0v) is 13.0. The van der Waals surface area contributed by atoms with Gasteiger partial charge in [-0.2, -0.15) is 0 Å². The molecule has 21 heavy (non-hydrogen) atoms. The normalized spacial score (nSPS) is 13.1. The van der Waals surface area contributed by atoms with Crippen molar-refractivity contribution in [2.45, 2.75) is 17.1 Å². The Morgan fingerprint density at radius 3 is 2.33 bits per heavy atom. The van der Waals surface area contributed by atoms with E-state index in [0.717, 1.165) is 5.56 Å². The van der Waals surface area contributed by atoms with Crippen molar-refractivity contribution in [3.63, 3.8) is 0 Å². The summed E-state index contributed by atoms with van der Waals surface area (Å²) in [6.45, 7) is 1.60. The largest absolute Gasteiger partial charge is 0.329 e.